The number of fused-ring (bicyclic) bond motifs is 1. The molecule has 7 nitrogen and oxygen atoms in total. The molecule has 156 valence electrons. The summed E-state index contributed by atoms with van der Waals surface area (Å²) in [5.74, 6) is -0.870. The zero-order valence-electron chi connectivity index (χ0n) is 17.0. The fraction of sp³-hybridized carbons (Fsp3) is 0.524. The molecule has 1 unspecified atom stereocenters. The first-order chi connectivity index (χ1) is 14.0. The number of nitrogens with one attached hydrogen (secondary N) is 1. The molecule has 2 aromatic rings. The summed E-state index contributed by atoms with van der Waals surface area (Å²) in [4.78, 5) is 27.3. The molecule has 2 heterocycles. The predicted molar refractivity (Wildman–Crippen MR) is 109 cm³/mol. The minimum absolute atomic E-state index is 0.0729. The fourth-order valence-electron chi connectivity index (χ4n) is 4.06. The van der Waals surface area contributed by atoms with Crippen LogP contribution in [-0.4, -0.2) is 49.9 Å². The van der Waals surface area contributed by atoms with Crippen molar-refractivity contribution in [3.05, 3.63) is 33.9 Å². The van der Waals surface area contributed by atoms with Gasteiger partial charge >= 0.3 is 5.97 Å². The summed E-state index contributed by atoms with van der Waals surface area (Å²) in [6, 6.07) is 1.60. The van der Waals surface area contributed by atoms with Gasteiger partial charge in [-0.2, -0.15) is 0 Å². The number of nitrogens with zero attached hydrogens (tertiary/aromatic N) is 2. The van der Waals surface area contributed by atoms with E-state index in [4.69, 9.17) is 9.47 Å². The number of methoxy groups -OCH3 is 1. The van der Waals surface area contributed by atoms with E-state index >= 15 is 4.39 Å². The van der Waals surface area contributed by atoms with Crippen molar-refractivity contribution in [2.24, 2.45) is 0 Å². The first-order valence-electron chi connectivity index (χ1n) is 10.1. The van der Waals surface area contributed by atoms with E-state index in [0.717, 1.165) is 19.4 Å². The molecule has 1 saturated heterocycles. The SMILES string of the molecule is CCOC(=O)c1cn(C2CC2)c2c(OC)c(N3CCNC(C)C3)c(F)cc2c1=O. The third kappa shape index (κ3) is 3.46. The number of anilines is 1. The van der Waals surface area contributed by atoms with Gasteiger partial charge in [-0.3, -0.25) is 4.79 Å². The van der Waals surface area contributed by atoms with Gasteiger partial charge in [0.25, 0.3) is 0 Å². The fourth-order valence-corrected chi connectivity index (χ4v) is 4.06. The zero-order valence-corrected chi connectivity index (χ0v) is 17.0. The maximum atomic E-state index is 15.3. The average Bonchev–Trinajstić information content (AvgIpc) is 3.53. The first kappa shape index (κ1) is 19.7. The zero-order chi connectivity index (χ0) is 20.7. The van der Waals surface area contributed by atoms with Gasteiger partial charge in [0.05, 0.1) is 24.6 Å². The number of ether oxygens (including phenoxy) is 2. The summed E-state index contributed by atoms with van der Waals surface area (Å²) in [6.45, 7) is 5.90. The van der Waals surface area contributed by atoms with E-state index in [1.807, 2.05) is 16.4 Å². The second-order valence-electron chi connectivity index (χ2n) is 7.67. The second-order valence-corrected chi connectivity index (χ2v) is 7.67. The highest BCUT2D eigenvalue weighted by atomic mass is 19.1. The van der Waals surface area contributed by atoms with Crippen molar-refractivity contribution in [2.75, 3.05) is 38.3 Å². The standard InChI is InChI=1S/C21H26FN3O4/c1-4-29-21(27)15-11-25(13-5-6-13)17-14(19(15)26)9-16(22)18(20(17)28-3)24-8-7-23-12(2)10-24/h9,11-13,23H,4-8,10H2,1-3H3. The lowest BCUT2D eigenvalue weighted by Gasteiger charge is -2.35. The number of pyridine rings is 1. The lowest BCUT2D eigenvalue weighted by Crippen LogP contribution is -2.49. The molecule has 29 heavy (non-hydrogen) atoms. The summed E-state index contributed by atoms with van der Waals surface area (Å²) >= 11 is 0. The van der Waals surface area contributed by atoms with Gasteiger partial charge < -0.3 is 24.3 Å². The average molecular weight is 403 g/mol. The van der Waals surface area contributed by atoms with Gasteiger partial charge in [-0.05, 0) is 32.8 Å². The van der Waals surface area contributed by atoms with Gasteiger partial charge in [0.1, 0.15) is 11.3 Å². The quantitative estimate of drug-likeness (QED) is 0.774. The number of carbonyl (C=O) groups excluding carboxylic acids is 1. The number of carbonyl (C=O) groups is 1. The highest BCUT2D eigenvalue weighted by Crippen LogP contribution is 2.43. The van der Waals surface area contributed by atoms with Gasteiger partial charge in [-0.25, -0.2) is 9.18 Å². The molecule has 0 radical (unpaired) electrons. The van der Waals surface area contributed by atoms with Crippen LogP contribution >= 0.6 is 0 Å². The Labute approximate surface area is 168 Å². The van der Waals surface area contributed by atoms with Crippen molar-refractivity contribution >= 4 is 22.6 Å². The van der Waals surface area contributed by atoms with Crippen LogP contribution in [0.3, 0.4) is 0 Å². The van der Waals surface area contributed by atoms with E-state index in [0.29, 0.717) is 30.0 Å². The van der Waals surface area contributed by atoms with Crippen molar-refractivity contribution in [1.29, 1.82) is 0 Å². The predicted octanol–water partition coefficient (Wildman–Crippen LogP) is 2.46. The molecule has 4 rings (SSSR count). The Bertz CT molecular complexity index is 1020. The van der Waals surface area contributed by atoms with E-state index < -0.39 is 17.2 Å². The van der Waals surface area contributed by atoms with E-state index in [9.17, 15) is 9.59 Å². The number of piperazine rings is 1. The third-order valence-corrected chi connectivity index (χ3v) is 5.52. The monoisotopic (exact) mass is 403 g/mol. The molecule has 1 aromatic heterocycles. The molecular weight excluding hydrogens is 377 g/mol. The van der Waals surface area contributed by atoms with Gasteiger partial charge in [0.15, 0.2) is 11.6 Å². The van der Waals surface area contributed by atoms with Gasteiger partial charge in [0.2, 0.25) is 5.43 Å². The van der Waals surface area contributed by atoms with Gasteiger partial charge in [-0.15, -0.1) is 0 Å². The van der Waals surface area contributed by atoms with Crippen LogP contribution in [0.2, 0.25) is 0 Å². The summed E-state index contributed by atoms with van der Waals surface area (Å²) in [5, 5.41) is 3.49. The topological polar surface area (TPSA) is 72.8 Å². The second kappa shape index (κ2) is 7.67. The van der Waals surface area contributed by atoms with Crippen molar-refractivity contribution in [2.45, 2.75) is 38.8 Å². The maximum absolute atomic E-state index is 15.3. The Morgan fingerprint density at radius 2 is 2.14 bits per heavy atom. The molecule has 1 aliphatic heterocycles. The Kier molecular flexibility index (Phi) is 5.21. The summed E-state index contributed by atoms with van der Waals surface area (Å²) in [7, 11) is 1.49. The number of hydrogen-bond acceptors (Lipinski definition) is 6. The van der Waals surface area contributed by atoms with Crippen LogP contribution < -0.4 is 20.4 Å². The van der Waals surface area contributed by atoms with E-state index in [2.05, 4.69) is 5.32 Å². The van der Waals surface area contributed by atoms with Crippen LogP contribution in [-0.2, 0) is 4.74 Å². The molecule has 1 N–H and O–H groups in total. The van der Waals surface area contributed by atoms with Crippen LogP contribution in [0.4, 0.5) is 10.1 Å². The van der Waals surface area contributed by atoms with E-state index in [1.165, 1.54) is 13.2 Å². The largest absolute Gasteiger partial charge is 0.492 e. The van der Waals surface area contributed by atoms with E-state index in [-0.39, 0.29) is 29.6 Å². The molecule has 8 heteroatoms. The molecule has 2 aliphatic rings. The first-order valence-corrected chi connectivity index (χ1v) is 10.1. The van der Waals surface area contributed by atoms with Crippen LogP contribution in [0.25, 0.3) is 10.9 Å². The maximum Gasteiger partial charge on any atom is 0.343 e. The Balaban J connectivity index is 1.98. The summed E-state index contributed by atoms with van der Waals surface area (Å²) in [6.07, 6.45) is 3.41. The highest BCUT2D eigenvalue weighted by Gasteiger charge is 2.32. The molecule has 2 fully saturated rings. The minimum atomic E-state index is -0.687. The normalized spacial score (nSPS) is 19.4. The molecule has 1 aromatic carbocycles. The third-order valence-electron chi connectivity index (χ3n) is 5.52. The van der Waals surface area contributed by atoms with E-state index in [1.54, 1.807) is 13.1 Å². The number of benzene rings is 1. The van der Waals surface area contributed by atoms with Gasteiger partial charge in [-0.1, -0.05) is 0 Å². The number of halogens is 1. The Hall–Kier alpha value is -2.61. The smallest absolute Gasteiger partial charge is 0.343 e. The highest BCUT2D eigenvalue weighted by molar-refractivity contribution is 5.97. The lowest BCUT2D eigenvalue weighted by atomic mass is 10.1. The summed E-state index contributed by atoms with van der Waals surface area (Å²) in [5.41, 5.74) is 0.297. The van der Waals surface area contributed by atoms with Crippen molar-refractivity contribution in [3.63, 3.8) is 0 Å². The molecule has 1 aliphatic carbocycles. The molecular formula is C21H26FN3O4. The Morgan fingerprint density at radius 3 is 2.76 bits per heavy atom. The minimum Gasteiger partial charge on any atom is -0.492 e. The van der Waals surface area contributed by atoms with Crippen molar-refractivity contribution in [1.82, 2.24) is 9.88 Å². The number of hydrogen-bond donors (Lipinski definition) is 1. The van der Waals surface area contributed by atoms with Crippen molar-refractivity contribution in [3.8, 4) is 5.75 Å². The number of rotatable bonds is 5. The number of esters is 1. The molecule has 0 bridgehead atoms. The summed E-state index contributed by atoms with van der Waals surface area (Å²) < 4.78 is 27.9. The molecule has 1 atom stereocenters. The van der Waals surface area contributed by atoms with Crippen LogP contribution in [0.5, 0.6) is 5.75 Å². The van der Waals surface area contributed by atoms with Crippen LogP contribution in [0, 0.1) is 5.82 Å². The number of aromatic nitrogens is 1. The van der Waals surface area contributed by atoms with Crippen molar-refractivity contribution < 1.29 is 18.7 Å². The van der Waals surface area contributed by atoms with Crippen LogP contribution in [0.15, 0.2) is 17.1 Å². The molecule has 0 amide bonds. The Morgan fingerprint density at radius 1 is 1.38 bits per heavy atom. The molecule has 0 spiro atoms. The van der Waals surface area contributed by atoms with Crippen LogP contribution in [0.1, 0.15) is 43.1 Å². The molecule has 1 saturated carbocycles. The van der Waals surface area contributed by atoms with Gasteiger partial charge in [0, 0.05) is 37.9 Å². The lowest BCUT2D eigenvalue weighted by molar-refractivity contribution is 0.0524.